The molecule has 1 aliphatic heterocycles. The molecular formula is C19H16N2O6S. The molecule has 0 saturated carbocycles. The second-order valence-electron chi connectivity index (χ2n) is 5.86. The number of nitrogens with zero attached hydrogens (tertiary/aromatic N) is 2. The number of rotatable bonds is 6. The molecule has 0 aromatic heterocycles. The number of nitro benzene ring substituents is 1. The van der Waals surface area contributed by atoms with Crippen LogP contribution in [0.3, 0.4) is 0 Å². The molecule has 1 N–H and O–H groups in total. The Kier molecular flexibility index (Phi) is 5.65. The molecule has 3 rings (SSSR count). The smallest absolute Gasteiger partial charge is 0.293 e. The molecule has 0 spiro atoms. The largest absolute Gasteiger partial charge is 0.504 e. The summed E-state index contributed by atoms with van der Waals surface area (Å²) in [6.45, 7) is 2.10. The second kappa shape index (κ2) is 8.13. The molecule has 1 heterocycles. The number of imide groups is 1. The third-order valence-electron chi connectivity index (χ3n) is 3.92. The SMILES string of the molecule is CCOc1cc(/C=C2/SC(=O)N(Cc3cccc([N+](=O)[O-])c3)C2=O)ccc1O. The summed E-state index contributed by atoms with van der Waals surface area (Å²) in [4.78, 5) is 36.5. The molecule has 2 aromatic carbocycles. The van der Waals surface area contributed by atoms with E-state index in [1.807, 2.05) is 0 Å². The van der Waals surface area contributed by atoms with Crippen LogP contribution in [0.25, 0.3) is 6.08 Å². The molecule has 0 atom stereocenters. The molecule has 144 valence electrons. The molecule has 8 nitrogen and oxygen atoms in total. The summed E-state index contributed by atoms with van der Waals surface area (Å²) in [5.41, 5.74) is 0.982. The van der Waals surface area contributed by atoms with Crippen molar-refractivity contribution in [3.63, 3.8) is 0 Å². The number of phenols is 1. The number of aromatic hydroxyl groups is 1. The Morgan fingerprint density at radius 3 is 2.75 bits per heavy atom. The summed E-state index contributed by atoms with van der Waals surface area (Å²) in [5, 5.41) is 20.2. The molecule has 0 radical (unpaired) electrons. The first-order chi connectivity index (χ1) is 13.4. The Hall–Kier alpha value is -3.33. The van der Waals surface area contributed by atoms with Gasteiger partial charge in [0, 0.05) is 12.1 Å². The number of hydrogen-bond acceptors (Lipinski definition) is 7. The van der Waals surface area contributed by atoms with Crippen molar-refractivity contribution >= 4 is 34.7 Å². The number of nitro groups is 1. The van der Waals surface area contributed by atoms with Crippen molar-refractivity contribution in [3.8, 4) is 11.5 Å². The number of carbonyl (C=O) groups excluding carboxylic acids is 2. The summed E-state index contributed by atoms with van der Waals surface area (Å²) < 4.78 is 5.32. The molecule has 28 heavy (non-hydrogen) atoms. The highest BCUT2D eigenvalue weighted by atomic mass is 32.2. The second-order valence-corrected chi connectivity index (χ2v) is 6.85. The van der Waals surface area contributed by atoms with Gasteiger partial charge in [-0.3, -0.25) is 24.6 Å². The van der Waals surface area contributed by atoms with Gasteiger partial charge in [-0.1, -0.05) is 18.2 Å². The van der Waals surface area contributed by atoms with Crippen LogP contribution in [-0.2, 0) is 11.3 Å². The van der Waals surface area contributed by atoms with Crippen molar-refractivity contribution in [2.45, 2.75) is 13.5 Å². The fraction of sp³-hybridized carbons (Fsp3) is 0.158. The predicted octanol–water partition coefficient (Wildman–Crippen LogP) is 3.94. The van der Waals surface area contributed by atoms with Gasteiger partial charge in [-0.25, -0.2) is 0 Å². The Labute approximate surface area is 164 Å². The van der Waals surface area contributed by atoms with Gasteiger partial charge in [0.2, 0.25) is 0 Å². The highest BCUT2D eigenvalue weighted by Gasteiger charge is 2.35. The van der Waals surface area contributed by atoms with E-state index in [2.05, 4.69) is 0 Å². The highest BCUT2D eigenvalue weighted by Crippen LogP contribution is 2.35. The minimum Gasteiger partial charge on any atom is -0.504 e. The third kappa shape index (κ3) is 4.15. The standard InChI is InChI=1S/C19H16N2O6S/c1-2-27-16-9-12(6-7-15(16)22)10-17-18(23)20(19(24)28-17)11-13-4-3-5-14(8-13)21(25)26/h3-10,22H,2,11H2,1H3/b17-10+. The lowest BCUT2D eigenvalue weighted by Gasteiger charge is -2.12. The van der Waals surface area contributed by atoms with Crippen molar-refractivity contribution in [2.24, 2.45) is 0 Å². The van der Waals surface area contributed by atoms with Gasteiger partial charge in [-0.2, -0.15) is 0 Å². The lowest BCUT2D eigenvalue weighted by Crippen LogP contribution is -2.27. The van der Waals surface area contributed by atoms with Crippen molar-refractivity contribution in [1.29, 1.82) is 0 Å². The number of amides is 2. The summed E-state index contributed by atoms with van der Waals surface area (Å²) in [7, 11) is 0. The summed E-state index contributed by atoms with van der Waals surface area (Å²) in [6.07, 6.45) is 1.54. The van der Waals surface area contributed by atoms with Crippen molar-refractivity contribution in [2.75, 3.05) is 6.61 Å². The molecule has 0 unspecified atom stereocenters. The molecule has 1 aliphatic rings. The molecule has 9 heteroatoms. The first-order valence-corrected chi connectivity index (χ1v) is 9.15. The van der Waals surface area contributed by atoms with Gasteiger partial charge in [0.25, 0.3) is 16.8 Å². The summed E-state index contributed by atoms with van der Waals surface area (Å²) in [6, 6.07) is 10.4. The van der Waals surface area contributed by atoms with E-state index in [9.17, 15) is 24.8 Å². The van der Waals surface area contributed by atoms with Gasteiger partial charge >= 0.3 is 0 Å². The van der Waals surface area contributed by atoms with Crippen LogP contribution in [0.2, 0.25) is 0 Å². The van der Waals surface area contributed by atoms with Gasteiger partial charge in [0.05, 0.1) is 23.0 Å². The fourth-order valence-electron chi connectivity index (χ4n) is 2.63. The Morgan fingerprint density at radius 2 is 2.04 bits per heavy atom. The Morgan fingerprint density at radius 1 is 1.25 bits per heavy atom. The Balaban J connectivity index is 1.82. The van der Waals surface area contributed by atoms with Crippen LogP contribution in [0.4, 0.5) is 10.5 Å². The third-order valence-corrected chi connectivity index (χ3v) is 4.82. The van der Waals surface area contributed by atoms with Gasteiger partial charge in [-0.15, -0.1) is 0 Å². The average molecular weight is 400 g/mol. The zero-order chi connectivity index (χ0) is 20.3. The normalized spacial score (nSPS) is 15.3. The molecule has 2 aromatic rings. The van der Waals surface area contributed by atoms with E-state index in [1.54, 1.807) is 31.2 Å². The lowest BCUT2D eigenvalue weighted by molar-refractivity contribution is -0.384. The number of phenolic OH excluding ortho intramolecular Hbond substituents is 1. The first-order valence-electron chi connectivity index (χ1n) is 8.33. The number of ether oxygens (including phenoxy) is 1. The minimum atomic E-state index is -0.530. The Bertz CT molecular complexity index is 988. The van der Waals surface area contributed by atoms with Crippen molar-refractivity contribution in [3.05, 3.63) is 68.6 Å². The number of non-ortho nitro benzene ring substituents is 1. The van der Waals surface area contributed by atoms with Crippen LogP contribution in [0.5, 0.6) is 11.5 Å². The van der Waals surface area contributed by atoms with Gasteiger partial charge in [-0.05, 0) is 48.0 Å². The van der Waals surface area contributed by atoms with E-state index in [-0.39, 0.29) is 28.6 Å². The molecule has 1 saturated heterocycles. The zero-order valence-corrected chi connectivity index (χ0v) is 15.6. The van der Waals surface area contributed by atoms with E-state index in [4.69, 9.17) is 4.74 Å². The van der Waals surface area contributed by atoms with E-state index in [0.29, 0.717) is 17.7 Å². The van der Waals surface area contributed by atoms with Crippen LogP contribution in [0.15, 0.2) is 47.4 Å². The van der Waals surface area contributed by atoms with Crippen LogP contribution >= 0.6 is 11.8 Å². The van der Waals surface area contributed by atoms with E-state index in [0.717, 1.165) is 16.7 Å². The first kappa shape index (κ1) is 19.4. The van der Waals surface area contributed by atoms with Gasteiger partial charge in [0.1, 0.15) is 0 Å². The summed E-state index contributed by atoms with van der Waals surface area (Å²) in [5.74, 6) is -0.211. The molecule has 2 amide bonds. The van der Waals surface area contributed by atoms with E-state index >= 15 is 0 Å². The fourth-order valence-corrected chi connectivity index (χ4v) is 3.47. The molecule has 0 bridgehead atoms. The molecule has 0 aliphatic carbocycles. The maximum absolute atomic E-state index is 12.6. The maximum atomic E-state index is 12.6. The minimum absolute atomic E-state index is 0.0159. The molecule has 1 fully saturated rings. The topological polar surface area (TPSA) is 110 Å². The van der Waals surface area contributed by atoms with Crippen molar-refractivity contribution < 1.29 is 24.4 Å². The highest BCUT2D eigenvalue weighted by molar-refractivity contribution is 8.18. The number of hydrogen-bond donors (Lipinski definition) is 1. The quantitative estimate of drug-likeness (QED) is 0.444. The zero-order valence-electron chi connectivity index (χ0n) is 14.8. The van der Waals surface area contributed by atoms with Gasteiger partial charge in [0.15, 0.2) is 11.5 Å². The average Bonchev–Trinajstić information content (AvgIpc) is 2.92. The monoisotopic (exact) mass is 400 g/mol. The number of carbonyl (C=O) groups is 2. The van der Waals surface area contributed by atoms with Gasteiger partial charge < -0.3 is 9.84 Å². The van der Waals surface area contributed by atoms with Crippen LogP contribution in [-0.4, -0.2) is 32.7 Å². The van der Waals surface area contributed by atoms with Crippen molar-refractivity contribution in [1.82, 2.24) is 4.90 Å². The maximum Gasteiger partial charge on any atom is 0.293 e. The van der Waals surface area contributed by atoms with E-state index < -0.39 is 16.1 Å². The summed E-state index contributed by atoms with van der Waals surface area (Å²) >= 11 is 0.791. The predicted molar refractivity (Wildman–Crippen MR) is 104 cm³/mol. The number of thioether (sulfide) groups is 1. The van der Waals surface area contributed by atoms with Crippen LogP contribution in [0, 0.1) is 10.1 Å². The van der Waals surface area contributed by atoms with E-state index in [1.165, 1.54) is 24.3 Å². The number of benzene rings is 2. The van der Waals surface area contributed by atoms with Crippen LogP contribution in [0.1, 0.15) is 18.1 Å². The lowest BCUT2D eigenvalue weighted by atomic mass is 10.1. The van der Waals surface area contributed by atoms with Crippen LogP contribution < -0.4 is 4.74 Å². The molecular weight excluding hydrogens is 384 g/mol.